The molecule has 4 heteroatoms. The lowest BCUT2D eigenvalue weighted by Crippen LogP contribution is -2.30. The van der Waals surface area contributed by atoms with Crippen molar-refractivity contribution in [1.82, 2.24) is 4.90 Å². The highest BCUT2D eigenvalue weighted by atomic mass is 16.5. The van der Waals surface area contributed by atoms with Gasteiger partial charge in [-0.3, -0.25) is 4.79 Å². The highest BCUT2D eigenvalue weighted by Gasteiger charge is 2.22. The normalized spacial score (nSPS) is 13.9. The van der Waals surface area contributed by atoms with Gasteiger partial charge in [0.15, 0.2) is 0 Å². The first-order chi connectivity index (χ1) is 14.7. The van der Waals surface area contributed by atoms with Gasteiger partial charge in [-0.2, -0.15) is 0 Å². The molecule has 0 atom stereocenters. The van der Waals surface area contributed by atoms with Gasteiger partial charge < -0.3 is 14.7 Å². The van der Waals surface area contributed by atoms with Crippen molar-refractivity contribution in [2.75, 3.05) is 19.7 Å². The van der Waals surface area contributed by atoms with Crippen molar-refractivity contribution in [2.24, 2.45) is 5.92 Å². The van der Waals surface area contributed by atoms with E-state index in [2.05, 4.69) is 25.1 Å². The van der Waals surface area contributed by atoms with Crippen molar-refractivity contribution in [1.29, 1.82) is 0 Å². The van der Waals surface area contributed by atoms with Crippen LogP contribution in [0.1, 0.15) is 68.4 Å². The number of nitrogens with zero attached hydrogens (tertiary/aromatic N) is 1. The zero-order chi connectivity index (χ0) is 22.6. The fraction of sp³-hybridized carbons (Fsp3) is 0.519. The average Bonchev–Trinajstić information content (AvgIpc) is 3.53. The minimum atomic E-state index is -0.792. The summed E-state index contributed by atoms with van der Waals surface area (Å²) in [6.45, 7) is 11.8. The molecule has 1 amide bonds. The van der Waals surface area contributed by atoms with Gasteiger partial charge in [-0.25, -0.2) is 0 Å². The van der Waals surface area contributed by atoms with Gasteiger partial charge in [-0.05, 0) is 87.4 Å². The predicted molar refractivity (Wildman–Crippen MR) is 127 cm³/mol. The Bertz CT molecular complexity index is 905. The number of carbonyl (C=O) groups excluding carboxylic acids is 1. The molecule has 0 radical (unpaired) electrons. The van der Waals surface area contributed by atoms with E-state index < -0.39 is 5.60 Å². The van der Waals surface area contributed by atoms with E-state index in [1.54, 1.807) is 0 Å². The van der Waals surface area contributed by atoms with Crippen LogP contribution in [0, 0.1) is 12.8 Å². The van der Waals surface area contributed by atoms with Crippen LogP contribution in [0.25, 0.3) is 11.1 Å². The minimum Gasteiger partial charge on any atom is -0.494 e. The van der Waals surface area contributed by atoms with Crippen LogP contribution in [0.2, 0.25) is 0 Å². The maximum absolute atomic E-state index is 13.3. The summed E-state index contributed by atoms with van der Waals surface area (Å²) in [5, 5.41) is 10.3. The topological polar surface area (TPSA) is 49.8 Å². The number of aryl methyl sites for hydroxylation is 1. The number of carbonyl (C=O) groups is 1. The maximum atomic E-state index is 13.3. The second-order valence-corrected chi connectivity index (χ2v) is 9.40. The molecule has 1 saturated carbocycles. The van der Waals surface area contributed by atoms with Crippen molar-refractivity contribution < 1.29 is 14.6 Å². The third kappa shape index (κ3) is 6.33. The first-order valence-electron chi connectivity index (χ1n) is 11.6. The van der Waals surface area contributed by atoms with Crippen molar-refractivity contribution in [3.63, 3.8) is 0 Å². The summed E-state index contributed by atoms with van der Waals surface area (Å²) < 4.78 is 6.05. The van der Waals surface area contributed by atoms with Gasteiger partial charge in [-0.1, -0.05) is 31.0 Å². The molecular formula is C27H37NO3. The molecule has 0 bridgehead atoms. The van der Waals surface area contributed by atoms with E-state index in [1.807, 2.05) is 50.8 Å². The minimum absolute atomic E-state index is 0.0387. The molecule has 3 rings (SSSR count). The van der Waals surface area contributed by atoms with Crippen LogP contribution in [0.3, 0.4) is 0 Å². The quantitative estimate of drug-likeness (QED) is 0.538. The van der Waals surface area contributed by atoms with Crippen molar-refractivity contribution in [3.05, 3.63) is 53.1 Å². The van der Waals surface area contributed by atoms with E-state index in [0.29, 0.717) is 31.7 Å². The summed E-state index contributed by atoms with van der Waals surface area (Å²) in [6, 6.07) is 12.1. The standard InChI is InChI=1S/C27H37NO3/c1-6-28(7-2)26(29)23-13-12-22(31-15-14-20-10-11-20)17-25(23)24-16-21(9-8-19(24)3)18-27(4,5)30/h8-9,12-13,16-17,20,30H,6-7,10-11,14-15,18H2,1-5H3. The van der Waals surface area contributed by atoms with Gasteiger partial charge in [0.1, 0.15) is 5.75 Å². The van der Waals surface area contributed by atoms with Crippen molar-refractivity contribution in [3.8, 4) is 16.9 Å². The number of aliphatic hydroxyl groups is 1. The number of rotatable bonds is 10. The van der Waals surface area contributed by atoms with Crippen molar-refractivity contribution in [2.45, 2.75) is 65.9 Å². The number of ether oxygens (including phenoxy) is 1. The highest BCUT2D eigenvalue weighted by molar-refractivity contribution is 6.01. The van der Waals surface area contributed by atoms with Gasteiger partial charge in [0, 0.05) is 25.1 Å². The second-order valence-electron chi connectivity index (χ2n) is 9.40. The monoisotopic (exact) mass is 423 g/mol. The molecule has 4 nitrogen and oxygen atoms in total. The molecule has 168 valence electrons. The van der Waals surface area contributed by atoms with Gasteiger partial charge in [0.05, 0.1) is 12.2 Å². The lowest BCUT2D eigenvalue weighted by Gasteiger charge is -2.22. The van der Waals surface area contributed by atoms with Crippen LogP contribution >= 0.6 is 0 Å². The Labute approximate surface area is 187 Å². The fourth-order valence-electron chi connectivity index (χ4n) is 4.02. The van der Waals surface area contributed by atoms with Crippen LogP contribution in [-0.2, 0) is 6.42 Å². The van der Waals surface area contributed by atoms with Crippen LogP contribution in [-0.4, -0.2) is 41.2 Å². The largest absolute Gasteiger partial charge is 0.494 e. The fourth-order valence-corrected chi connectivity index (χ4v) is 4.02. The lowest BCUT2D eigenvalue weighted by atomic mass is 9.90. The van der Waals surface area contributed by atoms with Gasteiger partial charge in [-0.15, -0.1) is 0 Å². The second kappa shape index (κ2) is 9.86. The summed E-state index contributed by atoms with van der Waals surface area (Å²) in [4.78, 5) is 15.1. The van der Waals surface area contributed by atoms with E-state index in [1.165, 1.54) is 12.8 Å². The molecular weight excluding hydrogens is 386 g/mol. The van der Waals surface area contributed by atoms with Gasteiger partial charge in [0.25, 0.3) is 5.91 Å². The Morgan fingerprint density at radius 1 is 1.10 bits per heavy atom. The highest BCUT2D eigenvalue weighted by Crippen LogP contribution is 2.34. The molecule has 0 aliphatic heterocycles. The number of hydrogen-bond donors (Lipinski definition) is 1. The molecule has 2 aromatic carbocycles. The maximum Gasteiger partial charge on any atom is 0.254 e. The molecule has 2 aromatic rings. The molecule has 0 aromatic heterocycles. The Balaban J connectivity index is 2.01. The molecule has 1 N–H and O–H groups in total. The first-order valence-corrected chi connectivity index (χ1v) is 11.6. The Hall–Kier alpha value is -2.33. The van der Waals surface area contributed by atoms with Crippen LogP contribution < -0.4 is 4.74 Å². The van der Waals surface area contributed by atoms with E-state index in [0.717, 1.165) is 40.3 Å². The molecule has 1 fully saturated rings. The predicted octanol–water partition coefficient (Wildman–Crippen LogP) is 5.64. The molecule has 0 spiro atoms. The summed E-state index contributed by atoms with van der Waals surface area (Å²) >= 11 is 0. The summed E-state index contributed by atoms with van der Waals surface area (Å²) in [5.41, 5.74) is 3.97. The number of hydrogen-bond acceptors (Lipinski definition) is 3. The zero-order valence-electron chi connectivity index (χ0n) is 19.7. The molecule has 0 heterocycles. The smallest absolute Gasteiger partial charge is 0.254 e. The van der Waals surface area contributed by atoms with Crippen LogP contribution in [0.5, 0.6) is 5.75 Å². The molecule has 0 saturated heterocycles. The SMILES string of the molecule is CCN(CC)C(=O)c1ccc(OCCC2CC2)cc1-c1cc(CC(C)(C)O)ccc1C. The van der Waals surface area contributed by atoms with Crippen molar-refractivity contribution >= 4 is 5.91 Å². The third-order valence-corrected chi connectivity index (χ3v) is 5.99. The summed E-state index contributed by atoms with van der Waals surface area (Å²) in [7, 11) is 0. The number of benzene rings is 2. The van der Waals surface area contributed by atoms with E-state index in [-0.39, 0.29) is 5.91 Å². The van der Waals surface area contributed by atoms with Crippen LogP contribution in [0.15, 0.2) is 36.4 Å². The molecule has 1 aliphatic carbocycles. The van der Waals surface area contributed by atoms with E-state index >= 15 is 0 Å². The van der Waals surface area contributed by atoms with Gasteiger partial charge >= 0.3 is 0 Å². The molecule has 0 unspecified atom stereocenters. The van der Waals surface area contributed by atoms with Gasteiger partial charge in [0.2, 0.25) is 0 Å². The number of amides is 1. The Kier molecular flexibility index (Phi) is 7.42. The molecule has 31 heavy (non-hydrogen) atoms. The van der Waals surface area contributed by atoms with Crippen LogP contribution in [0.4, 0.5) is 0 Å². The lowest BCUT2D eigenvalue weighted by molar-refractivity contribution is 0.0772. The van der Waals surface area contributed by atoms with E-state index in [9.17, 15) is 9.90 Å². The summed E-state index contributed by atoms with van der Waals surface area (Å²) in [6.07, 6.45) is 4.28. The van der Waals surface area contributed by atoms with E-state index in [4.69, 9.17) is 4.74 Å². The molecule has 1 aliphatic rings. The Morgan fingerprint density at radius 3 is 2.42 bits per heavy atom. The summed E-state index contributed by atoms with van der Waals surface area (Å²) in [5.74, 6) is 1.67. The first kappa shape index (κ1) is 23.3. The average molecular weight is 424 g/mol. The Morgan fingerprint density at radius 2 is 1.81 bits per heavy atom. The third-order valence-electron chi connectivity index (χ3n) is 5.99. The zero-order valence-corrected chi connectivity index (χ0v) is 19.7.